The van der Waals surface area contributed by atoms with Crippen LogP contribution in [0.1, 0.15) is 60.8 Å². The zero-order valence-corrected chi connectivity index (χ0v) is 15.5. The van der Waals surface area contributed by atoms with Crippen LogP contribution in [0.4, 0.5) is 0 Å². The Balaban J connectivity index is 1.80. The Bertz CT molecular complexity index is 674. The fraction of sp³-hybridized carbons (Fsp3) is 0.417. The van der Waals surface area contributed by atoms with Gasteiger partial charge in [-0.3, -0.25) is 0 Å². The lowest BCUT2D eigenvalue weighted by atomic mass is 9.79. The smallest absolute Gasteiger partial charge is 0.0324 e. The van der Waals surface area contributed by atoms with Crippen molar-refractivity contribution >= 4 is 0 Å². The summed E-state index contributed by atoms with van der Waals surface area (Å²) in [6, 6.07) is 18.6. The van der Waals surface area contributed by atoms with E-state index in [1.54, 1.807) is 0 Å². The predicted octanol–water partition coefficient (Wildman–Crippen LogP) is 5.79. The molecule has 1 N–H and O–H groups in total. The zero-order valence-electron chi connectivity index (χ0n) is 15.5. The molecule has 25 heavy (non-hydrogen) atoms. The Kier molecular flexibility index (Phi) is 6.33. The molecule has 0 heterocycles. The highest BCUT2D eigenvalue weighted by atomic mass is 14.9. The van der Waals surface area contributed by atoms with Crippen molar-refractivity contribution < 1.29 is 0 Å². The van der Waals surface area contributed by atoms with Crippen molar-refractivity contribution in [3.05, 3.63) is 83.6 Å². The first kappa shape index (κ1) is 17.8. The Labute approximate surface area is 153 Å². The highest BCUT2D eigenvalue weighted by Gasteiger charge is 2.25. The largest absolute Gasteiger partial charge is 0.388 e. The molecular weight excluding hydrogens is 302 g/mol. The summed E-state index contributed by atoms with van der Waals surface area (Å²) < 4.78 is 0. The number of benzene rings is 2. The first-order chi connectivity index (χ1) is 12.3. The van der Waals surface area contributed by atoms with E-state index in [1.165, 1.54) is 47.9 Å². The van der Waals surface area contributed by atoms with Crippen molar-refractivity contribution in [2.75, 3.05) is 0 Å². The van der Waals surface area contributed by atoms with Crippen LogP contribution in [0.2, 0.25) is 0 Å². The standard InChI is InChI=1S/C24H31N/c1-3-20-16-17-22(23-12-8-9-13-24(23)25-4-2)18-21(20)15-14-19-10-6-5-7-11-19/h4-7,10-11,16-18,23-25H,2-3,8-9,12-15H2,1H3. The van der Waals surface area contributed by atoms with Gasteiger partial charge >= 0.3 is 0 Å². The molecule has 2 unspecified atom stereocenters. The molecular formula is C24H31N. The lowest BCUT2D eigenvalue weighted by Gasteiger charge is -2.32. The van der Waals surface area contributed by atoms with Gasteiger partial charge in [0.2, 0.25) is 0 Å². The van der Waals surface area contributed by atoms with Crippen LogP contribution in [-0.2, 0) is 19.3 Å². The fourth-order valence-corrected chi connectivity index (χ4v) is 4.26. The van der Waals surface area contributed by atoms with Crippen LogP contribution in [0.3, 0.4) is 0 Å². The molecule has 1 aliphatic carbocycles. The molecule has 1 aliphatic rings. The van der Waals surface area contributed by atoms with Crippen molar-refractivity contribution in [3.8, 4) is 0 Å². The molecule has 2 aromatic carbocycles. The van der Waals surface area contributed by atoms with Crippen LogP contribution in [0.15, 0.2) is 61.3 Å². The molecule has 0 spiro atoms. The van der Waals surface area contributed by atoms with E-state index in [1.807, 2.05) is 6.20 Å². The molecule has 0 aliphatic heterocycles. The molecule has 0 amide bonds. The van der Waals surface area contributed by atoms with E-state index < -0.39 is 0 Å². The second-order valence-electron chi connectivity index (χ2n) is 7.24. The van der Waals surface area contributed by atoms with Gasteiger partial charge in [-0.05, 0) is 60.6 Å². The minimum absolute atomic E-state index is 0.542. The molecule has 1 heteroatoms. The molecule has 3 rings (SSSR count). The predicted molar refractivity (Wildman–Crippen MR) is 108 cm³/mol. The minimum atomic E-state index is 0.542. The lowest BCUT2D eigenvalue weighted by Crippen LogP contribution is -2.34. The van der Waals surface area contributed by atoms with E-state index in [9.17, 15) is 0 Å². The molecule has 0 radical (unpaired) electrons. The Morgan fingerprint density at radius 2 is 1.80 bits per heavy atom. The third-order valence-electron chi connectivity index (χ3n) is 5.66. The maximum absolute atomic E-state index is 3.88. The van der Waals surface area contributed by atoms with Crippen molar-refractivity contribution in [3.63, 3.8) is 0 Å². The second-order valence-corrected chi connectivity index (χ2v) is 7.24. The van der Waals surface area contributed by atoms with Crippen LogP contribution >= 0.6 is 0 Å². The highest BCUT2D eigenvalue weighted by Crippen LogP contribution is 2.34. The maximum Gasteiger partial charge on any atom is 0.0324 e. The molecule has 0 aromatic heterocycles. The van der Waals surface area contributed by atoms with E-state index in [2.05, 4.69) is 67.4 Å². The fourth-order valence-electron chi connectivity index (χ4n) is 4.26. The number of aryl methyl sites for hydroxylation is 3. The highest BCUT2D eigenvalue weighted by molar-refractivity contribution is 5.36. The van der Waals surface area contributed by atoms with Gasteiger partial charge in [-0.1, -0.05) is 74.9 Å². The van der Waals surface area contributed by atoms with Gasteiger partial charge in [0.25, 0.3) is 0 Å². The summed E-state index contributed by atoms with van der Waals surface area (Å²) in [6.07, 6.45) is 10.5. The van der Waals surface area contributed by atoms with Gasteiger partial charge in [-0.15, -0.1) is 0 Å². The number of nitrogens with one attached hydrogen (secondary N) is 1. The molecule has 1 nitrogen and oxygen atoms in total. The van der Waals surface area contributed by atoms with E-state index in [0.29, 0.717) is 12.0 Å². The van der Waals surface area contributed by atoms with Gasteiger partial charge in [0.15, 0.2) is 0 Å². The SMILES string of the molecule is C=CNC1CCCCC1c1ccc(CC)c(CCc2ccccc2)c1. The molecule has 0 saturated heterocycles. The summed E-state index contributed by atoms with van der Waals surface area (Å²) in [5, 5.41) is 3.50. The molecule has 0 bridgehead atoms. The van der Waals surface area contributed by atoms with E-state index in [4.69, 9.17) is 0 Å². The van der Waals surface area contributed by atoms with Crippen LogP contribution in [-0.4, -0.2) is 6.04 Å². The summed E-state index contributed by atoms with van der Waals surface area (Å²) in [5.74, 6) is 0.619. The third kappa shape index (κ3) is 4.54. The van der Waals surface area contributed by atoms with Gasteiger partial charge in [0, 0.05) is 12.0 Å². The minimum Gasteiger partial charge on any atom is -0.388 e. The van der Waals surface area contributed by atoms with Crippen molar-refractivity contribution in [2.24, 2.45) is 0 Å². The van der Waals surface area contributed by atoms with Crippen molar-refractivity contribution in [1.82, 2.24) is 5.32 Å². The average molecular weight is 334 g/mol. The lowest BCUT2D eigenvalue weighted by molar-refractivity contribution is 0.353. The maximum atomic E-state index is 3.88. The summed E-state index contributed by atoms with van der Waals surface area (Å²) in [7, 11) is 0. The third-order valence-corrected chi connectivity index (χ3v) is 5.66. The molecule has 132 valence electrons. The van der Waals surface area contributed by atoms with Gasteiger partial charge in [0.05, 0.1) is 0 Å². The molecule has 2 aromatic rings. The van der Waals surface area contributed by atoms with Crippen LogP contribution < -0.4 is 5.32 Å². The topological polar surface area (TPSA) is 12.0 Å². The number of rotatable bonds is 7. The van der Waals surface area contributed by atoms with Crippen molar-refractivity contribution in [1.29, 1.82) is 0 Å². The summed E-state index contributed by atoms with van der Waals surface area (Å²) in [6.45, 7) is 6.15. The van der Waals surface area contributed by atoms with Gasteiger partial charge < -0.3 is 5.32 Å². The molecule has 2 atom stereocenters. The summed E-state index contributed by atoms with van der Waals surface area (Å²) >= 11 is 0. The molecule has 1 saturated carbocycles. The van der Waals surface area contributed by atoms with Gasteiger partial charge in [-0.25, -0.2) is 0 Å². The average Bonchev–Trinajstić information content (AvgIpc) is 2.68. The van der Waals surface area contributed by atoms with E-state index in [0.717, 1.165) is 19.3 Å². The first-order valence-corrected chi connectivity index (χ1v) is 9.84. The normalized spacial score (nSPS) is 20.2. The zero-order chi connectivity index (χ0) is 17.5. The monoisotopic (exact) mass is 333 g/mol. The van der Waals surface area contributed by atoms with E-state index in [-0.39, 0.29) is 0 Å². The Morgan fingerprint density at radius 1 is 1.00 bits per heavy atom. The second kappa shape index (κ2) is 8.89. The number of hydrogen-bond acceptors (Lipinski definition) is 1. The summed E-state index contributed by atoms with van der Waals surface area (Å²) in [4.78, 5) is 0. The van der Waals surface area contributed by atoms with Crippen LogP contribution in [0, 0.1) is 0 Å². The Hall–Kier alpha value is -2.02. The van der Waals surface area contributed by atoms with Crippen molar-refractivity contribution in [2.45, 2.75) is 63.8 Å². The van der Waals surface area contributed by atoms with Crippen LogP contribution in [0.25, 0.3) is 0 Å². The van der Waals surface area contributed by atoms with Gasteiger partial charge in [-0.2, -0.15) is 0 Å². The summed E-state index contributed by atoms with van der Waals surface area (Å²) in [5.41, 5.74) is 5.98. The first-order valence-electron chi connectivity index (χ1n) is 9.84. The van der Waals surface area contributed by atoms with Gasteiger partial charge in [0.1, 0.15) is 0 Å². The quantitative estimate of drug-likeness (QED) is 0.676. The Morgan fingerprint density at radius 3 is 2.56 bits per heavy atom. The van der Waals surface area contributed by atoms with Crippen LogP contribution in [0.5, 0.6) is 0 Å². The number of hydrogen-bond donors (Lipinski definition) is 1. The molecule has 1 fully saturated rings. The van der Waals surface area contributed by atoms with E-state index >= 15 is 0 Å².